The van der Waals surface area contributed by atoms with Crippen molar-refractivity contribution in [3.63, 3.8) is 0 Å². The number of aromatic nitrogens is 1. The van der Waals surface area contributed by atoms with Crippen molar-refractivity contribution in [2.75, 3.05) is 5.32 Å². The van der Waals surface area contributed by atoms with E-state index in [0.29, 0.717) is 11.2 Å². The lowest BCUT2D eigenvalue weighted by molar-refractivity contribution is 0.505. The minimum atomic E-state index is -0.0659. The minimum absolute atomic E-state index is 0.0659. The van der Waals surface area contributed by atoms with Crippen LogP contribution in [0.25, 0.3) is 0 Å². The Labute approximate surface area is 113 Å². The van der Waals surface area contributed by atoms with Crippen LogP contribution < -0.4 is 16.4 Å². The van der Waals surface area contributed by atoms with Crippen molar-refractivity contribution in [2.45, 2.75) is 19.0 Å². The number of anilines is 1. The number of hydrogen-bond acceptors (Lipinski definition) is 5. The smallest absolute Gasteiger partial charge is 0.192 e. The minimum Gasteiger partial charge on any atom is -0.370 e. The molecule has 0 radical (unpaired) electrons. The molecule has 2 aromatic rings. The third-order valence-electron chi connectivity index (χ3n) is 2.81. The van der Waals surface area contributed by atoms with Crippen molar-refractivity contribution in [2.24, 2.45) is 5.73 Å². The first-order valence-electron chi connectivity index (χ1n) is 5.59. The van der Waals surface area contributed by atoms with Crippen LogP contribution in [0.2, 0.25) is 0 Å². The molecule has 0 unspecified atom stereocenters. The van der Waals surface area contributed by atoms with E-state index in [1.54, 1.807) is 22.7 Å². The van der Waals surface area contributed by atoms with Crippen LogP contribution in [0.4, 0.5) is 5.13 Å². The molecular weight excluding hydrogens is 266 g/mol. The molecule has 3 rings (SSSR count). The Balaban J connectivity index is 1.80. The molecule has 0 aromatic carbocycles. The summed E-state index contributed by atoms with van der Waals surface area (Å²) in [6.45, 7) is 0.772. The number of thiophene rings is 1. The second kappa shape index (κ2) is 4.68. The Morgan fingerprint density at radius 2 is 2.50 bits per heavy atom. The summed E-state index contributed by atoms with van der Waals surface area (Å²) in [6, 6.07) is 4.61. The van der Waals surface area contributed by atoms with Gasteiger partial charge in [-0.15, -0.1) is 22.7 Å². The summed E-state index contributed by atoms with van der Waals surface area (Å²) in [5, 5.41) is 16.3. The van der Waals surface area contributed by atoms with Crippen LogP contribution in [0.15, 0.2) is 17.5 Å². The lowest BCUT2D eigenvalue weighted by Gasteiger charge is -2.21. The predicted molar refractivity (Wildman–Crippen MR) is 75.3 cm³/mol. The highest BCUT2D eigenvalue weighted by molar-refractivity contribution is 7.16. The van der Waals surface area contributed by atoms with E-state index in [0.717, 1.165) is 18.7 Å². The molecule has 7 heteroatoms. The molecule has 5 N–H and O–H groups in total. The average Bonchev–Trinajstić information content (AvgIpc) is 2.94. The van der Waals surface area contributed by atoms with Gasteiger partial charge in [0.05, 0.1) is 5.69 Å². The summed E-state index contributed by atoms with van der Waals surface area (Å²) < 4.78 is 0. The normalized spacial score (nSPS) is 18.3. The van der Waals surface area contributed by atoms with E-state index in [2.05, 4.69) is 33.1 Å². The molecule has 0 spiro atoms. The molecule has 0 aliphatic carbocycles. The Kier molecular flexibility index (Phi) is 3.02. The number of nitrogens with two attached hydrogens (primary N) is 1. The molecule has 1 atom stereocenters. The Hall–Kier alpha value is -1.44. The first-order valence-corrected chi connectivity index (χ1v) is 7.28. The lowest BCUT2D eigenvalue weighted by Crippen LogP contribution is -2.27. The van der Waals surface area contributed by atoms with Gasteiger partial charge >= 0.3 is 0 Å². The van der Waals surface area contributed by atoms with Gasteiger partial charge in [-0.1, -0.05) is 6.07 Å². The summed E-state index contributed by atoms with van der Waals surface area (Å²) in [7, 11) is 0. The van der Waals surface area contributed by atoms with Gasteiger partial charge in [0, 0.05) is 28.8 Å². The monoisotopic (exact) mass is 279 g/mol. The topological polar surface area (TPSA) is 86.8 Å². The number of guanidine groups is 1. The molecule has 1 aliphatic rings. The zero-order chi connectivity index (χ0) is 12.5. The van der Waals surface area contributed by atoms with Crippen LogP contribution in [-0.2, 0) is 13.0 Å². The first kappa shape index (κ1) is 11.6. The fourth-order valence-corrected chi connectivity index (χ4v) is 3.86. The van der Waals surface area contributed by atoms with Crippen molar-refractivity contribution in [3.05, 3.63) is 33.0 Å². The maximum Gasteiger partial charge on any atom is 0.192 e. The first-order chi connectivity index (χ1) is 8.72. The third-order valence-corrected chi connectivity index (χ3v) is 4.83. The van der Waals surface area contributed by atoms with Crippen LogP contribution in [0, 0.1) is 5.41 Å². The number of fused-ring (bicyclic) bond motifs is 1. The number of hydrogen-bond donors (Lipinski definition) is 4. The molecule has 0 bridgehead atoms. The van der Waals surface area contributed by atoms with Gasteiger partial charge in [0.2, 0.25) is 0 Å². The van der Waals surface area contributed by atoms with Crippen LogP contribution in [-0.4, -0.2) is 10.9 Å². The molecule has 18 heavy (non-hydrogen) atoms. The van der Waals surface area contributed by atoms with Crippen molar-refractivity contribution in [3.8, 4) is 0 Å². The molecule has 5 nitrogen and oxygen atoms in total. The Morgan fingerprint density at radius 3 is 3.22 bits per heavy atom. The van der Waals surface area contributed by atoms with Crippen molar-refractivity contribution in [1.82, 2.24) is 10.3 Å². The lowest BCUT2D eigenvalue weighted by atomic mass is 10.1. The van der Waals surface area contributed by atoms with E-state index in [-0.39, 0.29) is 5.96 Å². The van der Waals surface area contributed by atoms with Gasteiger partial charge in [-0.2, -0.15) is 0 Å². The number of rotatable bonds is 2. The van der Waals surface area contributed by atoms with E-state index in [9.17, 15) is 0 Å². The number of nitrogens with zero attached hydrogens (tertiary/aromatic N) is 1. The molecule has 0 fully saturated rings. The highest BCUT2D eigenvalue weighted by Crippen LogP contribution is 2.33. The fraction of sp³-hybridized carbons (Fsp3) is 0.273. The zero-order valence-corrected chi connectivity index (χ0v) is 11.2. The van der Waals surface area contributed by atoms with E-state index in [4.69, 9.17) is 11.1 Å². The van der Waals surface area contributed by atoms with Gasteiger partial charge < -0.3 is 16.4 Å². The highest BCUT2D eigenvalue weighted by atomic mass is 32.1. The molecule has 1 aliphatic heterocycles. The summed E-state index contributed by atoms with van der Waals surface area (Å²) >= 11 is 3.36. The standard InChI is InChI=1S/C11H13N5S2/c12-10(13)16-11-15-7-5-14-6(4-9(7)18-11)8-2-1-3-17-8/h1-3,6,14H,4-5H2,(H4,12,13,15,16)/t6-/m0/s1. The van der Waals surface area contributed by atoms with Gasteiger partial charge in [-0.25, -0.2) is 4.98 Å². The fourth-order valence-electron chi connectivity index (χ4n) is 2.02. The maximum absolute atomic E-state index is 7.21. The zero-order valence-electron chi connectivity index (χ0n) is 9.56. The molecule has 94 valence electrons. The van der Waals surface area contributed by atoms with Crippen molar-refractivity contribution < 1.29 is 0 Å². The summed E-state index contributed by atoms with van der Waals surface area (Å²) in [5.74, 6) is -0.0659. The van der Waals surface area contributed by atoms with E-state index >= 15 is 0 Å². The van der Waals surface area contributed by atoms with Gasteiger partial charge in [-0.3, -0.25) is 5.41 Å². The molecule has 2 aromatic heterocycles. The average molecular weight is 279 g/mol. The maximum atomic E-state index is 7.21. The van der Waals surface area contributed by atoms with Crippen LogP contribution in [0.3, 0.4) is 0 Å². The predicted octanol–water partition coefficient (Wildman–Crippen LogP) is 1.90. The molecule has 0 saturated heterocycles. The quantitative estimate of drug-likeness (QED) is 0.499. The molecule has 0 amide bonds. The van der Waals surface area contributed by atoms with E-state index < -0.39 is 0 Å². The van der Waals surface area contributed by atoms with Crippen molar-refractivity contribution >= 4 is 33.8 Å². The van der Waals surface area contributed by atoms with E-state index in [1.165, 1.54) is 9.75 Å². The van der Waals surface area contributed by atoms with Gasteiger partial charge in [0.25, 0.3) is 0 Å². The summed E-state index contributed by atoms with van der Waals surface area (Å²) in [5.41, 5.74) is 6.38. The summed E-state index contributed by atoms with van der Waals surface area (Å²) in [6.07, 6.45) is 0.951. The van der Waals surface area contributed by atoms with Gasteiger partial charge in [0.15, 0.2) is 11.1 Å². The van der Waals surface area contributed by atoms with Crippen LogP contribution in [0.1, 0.15) is 21.5 Å². The van der Waals surface area contributed by atoms with Gasteiger partial charge in [0.1, 0.15) is 0 Å². The SMILES string of the molecule is N=C(N)Nc1nc2c(s1)C[C@@H](c1cccs1)NC2. The Morgan fingerprint density at radius 1 is 1.61 bits per heavy atom. The van der Waals surface area contributed by atoms with E-state index in [1.807, 2.05) is 0 Å². The molecule has 0 saturated carbocycles. The number of thiazole rings is 1. The highest BCUT2D eigenvalue weighted by Gasteiger charge is 2.23. The Bertz CT molecular complexity index is 560. The summed E-state index contributed by atoms with van der Waals surface area (Å²) in [4.78, 5) is 7.06. The molecular formula is C11H13N5S2. The molecule has 3 heterocycles. The number of nitrogens with one attached hydrogen (secondary N) is 3. The van der Waals surface area contributed by atoms with Crippen LogP contribution >= 0.6 is 22.7 Å². The third kappa shape index (κ3) is 2.24. The second-order valence-corrected chi connectivity index (χ2v) is 6.14. The van der Waals surface area contributed by atoms with Crippen molar-refractivity contribution in [1.29, 1.82) is 5.41 Å². The largest absolute Gasteiger partial charge is 0.370 e. The van der Waals surface area contributed by atoms with Crippen LogP contribution in [0.5, 0.6) is 0 Å². The van der Waals surface area contributed by atoms with Gasteiger partial charge in [-0.05, 0) is 11.4 Å². The second-order valence-electron chi connectivity index (χ2n) is 4.08.